The van der Waals surface area contributed by atoms with Gasteiger partial charge in [0.2, 0.25) is 0 Å². The molecule has 4 N–H and O–H groups in total. The fourth-order valence-corrected chi connectivity index (χ4v) is 2.17. The number of carboxylic acid groups (broad SMARTS) is 2. The normalized spacial score (nSPS) is 15.7. The van der Waals surface area contributed by atoms with E-state index in [0.717, 1.165) is 6.54 Å². The summed E-state index contributed by atoms with van der Waals surface area (Å²) in [7, 11) is 0. The number of carbonyl (C=O) groups excluding carboxylic acids is 1. The molecular formula is C15H29NO4. The first-order valence-corrected chi connectivity index (χ1v) is 7.75. The minimum atomic E-state index is -1.56. The number of quaternary nitrogens is 1. The lowest BCUT2D eigenvalue weighted by atomic mass is 9.69. The first-order valence-electron chi connectivity index (χ1n) is 7.75. The van der Waals surface area contributed by atoms with Crippen LogP contribution < -0.4 is 10.8 Å². The van der Waals surface area contributed by atoms with Gasteiger partial charge >= 0.3 is 5.97 Å². The van der Waals surface area contributed by atoms with Crippen LogP contribution in [0.5, 0.6) is 0 Å². The smallest absolute Gasteiger partial charge is 0.315 e. The van der Waals surface area contributed by atoms with Gasteiger partial charge in [-0.05, 0) is 25.7 Å². The second-order valence-corrected chi connectivity index (χ2v) is 5.50. The highest BCUT2D eigenvalue weighted by molar-refractivity contribution is 5.98. The van der Waals surface area contributed by atoms with E-state index in [9.17, 15) is 14.7 Å². The topological polar surface area (TPSA) is 105 Å². The minimum absolute atomic E-state index is 0.213. The van der Waals surface area contributed by atoms with Gasteiger partial charge < -0.3 is 20.7 Å². The highest BCUT2D eigenvalue weighted by Gasteiger charge is 2.45. The Hall–Kier alpha value is -1.10. The zero-order valence-electron chi connectivity index (χ0n) is 12.7. The zero-order valence-corrected chi connectivity index (χ0v) is 12.7. The van der Waals surface area contributed by atoms with Gasteiger partial charge in [-0.1, -0.05) is 45.4 Å². The van der Waals surface area contributed by atoms with Crippen molar-refractivity contribution < 1.29 is 25.5 Å². The largest absolute Gasteiger partial charge is 0.549 e. The van der Waals surface area contributed by atoms with Crippen LogP contribution in [0, 0.1) is 5.41 Å². The molecule has 0 amide bonds. The quantitative estimate of drug-likeness (QED) is 0.487. The summed E-state index contributed by atoms with van der Waals surface area (Å²) in [5.41, 5.74) is 2.26. The Balaban J connectivity index is 0.000000361. The Morgan fingerprint density at radius 1 is 1.10 bits per heavy atom. The molecule has 1 fully saturated rings. The van der Waals surface area contributed by atoms with Gasteiger partial charge in [-0.25, -0.2) is 0 Å². The number of rotatable bonds is 9. The Bertz CT molecular complexity index is 264. The van der Waals surface area contributed by atoms with Crippen LogP contribution in [0.2, 0.25) is 0 Å². The van der Waals surface area contributed by atoms with Gasteiger partial charge in [-0.15, -0.1) is 0 Å². The van der Waals surface area contributed by atoms with E-state index in [0.29, 0.717) is 6.42 Å². The molecule has 0 heterocycles. The SMILES string of the molecule is CCCCCCCCC[NH3+].O=C([O-])C1(C(=O)O)CCC1. The lowest BCUT2D eigenvalue weighted by molar-refractivity contribution is -0.368. The highest BCUT2D eigenvalue weighted by Crippen LogP contribution is 2.40. The van der Waals surface area contributed by atoms with Gasteiger partial charge in [0, 0.05) is 0 Å². The molecule has 0 aromatic heterocycles. The van der Waals surface area contributed by atoms with E-state index in [1.54, 1.807) is 0 Å². The summed E-state index contributed by atoms with van der Waals surface area (Å²) in [6.45, 7) is 3.38. The maximum atomic E-state index is 10.3. The van der Waals surface area contributed by atoms with Gasteiger partial charge in [-0.3, -0.25) is 4.79 Å². The van der Waals surface area contributed by atoms with Crippen molar-refractivity contribution in [2.75, 3.05) is 6.54 Å². The van der Waals surface area contributed by atoms with Crippen molar-refractivity contribution in [3.63, 3.8) is 0 Å². The third kappa shape index (κ3) is 6.37. The molecule has 1 rings (SSSR count). The second-order valence-electron chi connectivity index (χ2n) is 5.50. The number of unbranched alkanes of at least 4 members (excludes halogenated alkanes) is 6. The number of hydrogen-bond donors (Lipinski definition) is 2. The molecule has 0 bridgehead atoms. The van der Waals surface area contributed by atoms with E-state index in [2.05, 4.69) is 12.7 Å². The molecule has 5 nitrogen and oxygen atoms in total. The van der Waals surface area contributed by atoms with Crippen LogP contribution in [0.1, 0.15) is 71.1 Å². The van der Waals surface area contributed by atoms with E-state index in [1.165, 1.54) is 44.9 Å². The fraction of sp³-hybridized carbons (Fsp3) is 0.867. The van der Waals surface area contributed by atoms with E-state index in [1.807, 2.05) is 0 Å². The summed E-state index contributed by atoms with van der Waals surface area (Å²) in [6, 6.07) is 0. The molecule has 1 aliphatic carbocycles. The molecule has 5 heteroatoms. The summed E-state index contributed by atoms with van der Waals surface area (Å²) in [4.78, 5) is 20.6. The standard InChI is InChI=1S/C9H21N.C6H8O4/c1-2-3-4-5-6-7-8-9-10;7-4(8)6(5(9)10)2-1-3-6/h2-10H2,1H3;1-3H2,(H,7,8)(H,9,10). The third-order valence-corrected chi connectivity index (χ3v) is 3.86. The molecule has 118 valence electrons. The average molecular weight is 287 g/mol. The van der Waals surface area contributed by atoms with Crippen molar-refractivity contribution in [1.82, 2.24) is 0 Å². The second kappa shape index (κ2) is 10.7. The monoisotopic (exact) mass is 287 g/mol. The molecule has 0 aliphatic heterocycles. The van der Waals surface area contributed by atoms with E-state index in [4.69, 9.17) is 5.11 Å². The maximum Gasteiger partial charge on any atom is 0.315 e. The predicted molar refractivity (Wildman–Crippen MR) is 74.7 cm³/mol. The summed E-state index contributed by atoms with van der Waals surface area (Å²) >= 11 is 0. The molecule has 1 saturated carbocycles. The summed E-state index contributed by atoms with van der Waals surface area (Å²) in [5.74, 6) is -2.72. The average Bonchev–Trinajstić information content (AvgIpc) is 2.32. The zero-order chi connectivity index (χ0) is 15.4. The molecule has 0 aromatic rings. The molecule has 0 spiro atoms. The van der Waals surface area contributed by atoms with E-state index in [-0.39, 0.29) is 12.8 Å². The number of aliphatic carboxylic acids is 2. The van der Waals surface area contributed by atoms with Crippen LogP contribution in [-0.2, 0) is 9.59 Å². The Kier molecular flexibility index (Phi) is 10.1. The molecular weight excluding hydrogens is 258 g/mol. The van der Waals surface area contributed by atoms with Crippen molar-refractivity contribution in [3.8, 4) is 0 Å². The number of carbonyl (C=O) groups is 2. The minimum Gasteiger partial charge on any atom is -0.549 e. The van der Waals surface area contributed by atoms with Crippen molar-refractivity contribution in [2.24, 2.45) is 5.41 Å². The molecule has 0 radical (unpaired) electrons. The Morgan fingerprint density at radius 3 is 1.85 bits per heavy atom. The van der Waals surface area contributed by atoms with Gasteiger partial charge in [0.05, 0.1) is 12.5 Å². The lowest BCUT2D eigenvalue weighted by Gasteiger charge is -2.38. The first-order chi connectivity index (χ1) is 9.51. The summed E-state index contributed by atoms with van der Waals surface area (Å²) in [6.07, 6.45) is 10.9. The number of carboxylic acids is 2. The van der Waals surface area contributed by atoms with Crippen LogP contribution in [0.15, 0.2) is 0 Å². The van der Waals surface area contributed by atoms with Crippen LogP contribution in [0.25, 0.3) is 0 Å². The van der Waals surface area contributed by atoms with Crippen LogP contribution >= 0.6 is 0 Å². The Labute approximate surface area is 121 Å². The molecule has 0 atom stereocenters. The summed E-state index contributed by atoms with van der Waals surface area (Å²) in [5, 5.41) is 18.7. The molecule has 0 saturated heterocycles. The first kappa shape index (κ1) is 18.9. The van der Waals surface area contributed by atoms with E-state index >= 15 is 0 Å². The third-order valence-electron chi connectivity index (χ3n) is 3.86. The molecule has 0 unspecified atom stereocenters. The van der Waals surface area contributed by atoms with Gasteiger partial charge in [0.15, 0.2) is 0 Å². The van der Waals surface area contributed by atoms with E-state index < -0.39 is 17.4 Å². The van der Waals surface area contributed by atoms with Gasteiger partial charge in [0.1, 0.15) is 5.41 Å². The fourth-order valence-electron chi connectivity index (χ4n) is 2.17. The molecule has 20 heavy (non-hydrogen) atoms. The number of hydrogen-bond acceptors (Lipinski definition) is 3. The van der Waals surface area contributed by atoms with Crippen molar-refractivity contribution >= 4 is 11.9 Å². The lowest BCUT2D eigenvalue weighted by Crippen LogP contribution is -2.52. The van der Waals surface area contributed by atoms with Crippen LogP contribution in [0.4, 0.5) is 0 Å². The van der Waals surface area contributed by atoms with Crippen molar-refractivity contribution in [2.45, 2.75) is 71.1 Å². The maximum absolute atomic E-state index is 10.3. The Morgan fingerprint density at radius 2 is 1.60 bits per heavy atom. The predicted octanol–water partition coefficient (Wildman–Crippen LogP) is 0.970. The highest BCUT2D eigenvalue weighted by atomic mass is 16.4. The van der Waals surface area contributed by atoms with Crippen molar-refractivity contribution in [3.05, 3.63) is 0 Å². The van der Waals surface area contributed by atoms with Crippen molar-refractivity contribution in [1.29, 1.82) is 0 Å². The molecule has 0 aromatic carbocycles. The van der Waals surface area contributed by atoms with Gasteiger partial charge in [0.25, 0.3) is 0 Å². The van der Waals surface area contributed by atoms with Gasteiger partial charge in [-0.2, -0.15) is 0 Å². The molecule has 1 aliphatic rings. The van der Waals surface area contributed by atoms with Crippen LogP contribution in [-0.4, -0.2) is 23.6 Å². The summed E-state index contributed by atoms with van der Waals surface area (Å²) < 4.78 is 0. The van der Waals surface area contributed by atoms with Crippen LogP contribution in [0.3, 0.4) is 0 Å².